The Labute approximate surface area is 257 Å². The van der Waals surface area contributed by atoms with E-state index in [0.29, 0.717) is 11.4 Å². The van der Waals surface area contributed by atoms with Crippen LogP contribution in [-0.2, 0) is 19.1 Å². The number of nitrogens with one attached hydrogen (secondary N) is 2. The van der Waals surface area contributed by atoms with Crippen molar-refractivity contribution in [3.8, 4) is 11.5 Å². The van der Waals surface area contributed by atoms with Crippen molar-refractivity contribution < 1.29 is 23.9 Å². The van der Waals surface area contributed by atoms with Gasteiger partial charge in [-0.1, -0.05) is 79.9 Å². The zero-order valence-corrected chi connectivity index (χ0v) is 24.7. The average molecular weight is 592 g/mol. The topological polar surface area (TPSA) is 97.0 Å². The molecule has 44 heavy (non-hydrogen) atoms. The average Bonchev–Trinajstić information content (AvgIpc) is 3.70. The molecule has 1 aliphatic carbocycles. The highest BCUT2D eigenvalue weighted by Crippen LogP contribution is 2.56. The molecular formula is C36H37N3O5. The van der Waals surface area contributed by atoms with Crippen LogP contribution >= 0.6 is 0 Å². The predicted molar refractivity (Wildman–Crippen MR) is 166 cm³/mol. The molecule has 3 amide bonds. The number of benzene rings is 3. The van der Waals surface area contributed by atoms with Gasteiger partial charge in [0.2, 0.25) is 17.7 Å². The Hall–Kier alpha value is -4.43. The summed E-state index contributed by atoms with van der Waals surface area (Å²) in [6.07, 6.45) is 8.30. The van der Waals surface area contributed by atoms with E-state index in [1.54, 1.807) is 29.2 Å². The summed E-state index contributed by atoms with van der Waals surface area (Å²) in [7, 11) is 0. The Morgan fingerprint density at radius 2 is 1.55 bits per heavy atom. The Morgan fingerprint density at radius 3 is 2.25 bits per heavy atom. The number of hydrogen-bond acceptors (Lipinski definition) is 5. The molecule has 6 atom stereocenters. The molecule has 3 aromatic carbocycles. The smallest absolute Gasteiger partial charge is 0.246 e. The molecular weight excluding hydrogens is 554 g/mol. The highest BCUT2D eigenvalue weighted by atomic mass is 16.5. The molecule has 1 spiro atoms. The summed E-state index contributed by atoms with van der Waals surface area (Å²) in [5.74, 6) is -0.979. The normalized spacial score (nSPS) is 28.0. The Balaban J connectivity index is 1.15. The maximum Gasteiger partial charge on any atom is 0.246 e. The number of amides is 3. The van der Waals surface area contributed by atoms with E-state index >= 15 is 0 Å². The summed E-state index contributed by atoms with van der Waals surface area (Å²) >= 11 is 0. The quantitative estimate of drug-likeness (QED) is 0.324. The summed E-state index contributed by atoms with van der Waals surface area (Å²) < 4.78 is 12.4. The molecule has 8 heteroatoms. The van der Waals surface area contributed by atoms with Crippen molar-refractivity contribution in [2.45, 2.75) is 68.9 Å². The first-order valence-electron chi connectivity index (χ1n) is 15.6. The minimum Gasteiger partial charge on any atom is -0.457 e. The van der Waals surface area contributed by atoms with Crippen LogP contribution in [0.3, 0.4) is 0 Å². The molecule has 3 fully saturated rings. The van der Waals surface area contributed by atoms with Crippen molar-refractivity contribution in [1.29, 1.82) is 0 Å². The molecule has 7 rings (SSSR count). The van der Waals surface area contributed by atoms with Crippen molar-refractivity contribution in [3.63, 3.8) is 0 Å². The van der Waals surface area contributed by atoms with Gasteiger partial charge in [-0.3, -0.25) is 14.4 Å². The van der Waals surface area contributed by atoms with Crippen molar-refractivity contribution in [2.24, 2.45) is 11.8 Å². The molecule has 2 N–H and O–H groups in total. The second-order valence-corrected chi connectivity index (χ2v) is 12.3. The fraction of sp³-hybridized carbons (Fsp3) is 0.361. The van der Waals surface area contributed by atoms with Crippen LogP contribution in [0.15, 0.2) is 97.1 Å². The third-order valence-electron chi connectivity index (χ3n) is 9.61. The maximum absolute atomic E-state index is 14.4. The van der Waals surface area contributed by atoms with Gasteiger partial charge in [-0.05, 0) is 61.7 Å². The van der Waals surface area contributed by atoms with Crippen molar-refractivity contribution in [2.75, 3.05) is 5.32 Å². The van der Waals surface area contributed by atoms with Crippen LogP contribution in [0.1, 0.15) is 50.6 Å². The van der Waals surface area contributed by atoms with Crippen LogP contribution in [0.4, 0.5) is 5.69 Å². The lowest BCUT2D eigenvalue weighted by Crippen LogP contribution is -2.56. The van der Waals surface area contributed by atoms with Gasteiger partial charge in [0, 0.05) is 11.7 Å². The second-order valence-electron chi connectivity index (χ2n) is 12.3. The van der Waals surface area contributed by atoms with Gasteiger partial charge in [-0.15, -0.1) is 0 Å². The van der Waals surface area contributed by atoms with E-state index < -0.39 is 29.6 Å². The van der Waals surface area contributed by atoms with Crippen LogP contribution in [-0.4, -0.2) is 46.4 Å². The predicted octanol–water partition coefficient (Wildman–Crippen LogP) is 5.78. The number of likely N-dealkylation sites (tertiary alicyclic amines) is 1. The second kappa shape index (κ2) is 11.6. The van der Waals surface area contributed by atoms with Gasteiger partial charge in [0.15, 0.2) is 0 Å². The first kappa shape index (κ1) is 28.3. The third-order valence-corrected chi connectivity index (χ3v) is 9.61. The van der Waals surface area contributed by atoms with Crippen LogP contribution in [0.5, 0.6) is 11.5 Å². The summed E-state index contributed by atoms with van der Waals surface area (Å²) in [6, 6.07) is 25.1. The molecule has 2 saturated heterocycles. The number of hydrogen-bond donors (Lipinski definition) is 2. The van der Waals surface area contributed by atoms with Crippen LogP contribution in [0.25, 0.3) is 0 Å². The first-order chi connectivity index (χ1) is 21.4. The van der Waals surface area contributed by atoms with Crippen LogP contribution < -0.4 is 15.4 Å². The molecule has 3 aliphatic heterocycles. The van der Waals surface area contributed by atoms with E-state index in [9.17, 15) is 14.4 Å². The number of fused-ring (bicyclic) bond motifs is 1. The van der Waals surface area contributed by atoms with Crippen molar-refractivity contribution in [3.05, 3.63) is 103 Å². The van der Waals surface area contributed by atoms with Crippen LogP contribution in [0, 0.1) is 11.8 Å². The van der Waals surface area contributed by atoms with Crippen molar-refractivity contribution >= 4 is 23.4 Å². The van der Waals surface area contributed by atoms with Crippen LogP contribution in [0.2, 0.25) is 0 Å². The van der Waals surface area contributed by atoms with E-state index in [4.69, 9.17) is 9.47 Å². The Kier molecular flexibility index (Phi) is 7.46. The molecule has 0 aromatic heterocycles. The SMILES string of the molecule is C[C@H](c1ccccc1)N1C(=O)[C@H]2[C@@H](C(=O)Nc3ccc(Oc4ccccc4)cc3)[C@H]3C=C[C@@]2(O3)[C@H]1C(=O)NC1CCCCC1. The zero-order chi connectivity index (χ0) is 30.3. The summed E-state index contributed by atoms with van der Waals surface area (Å²) in [4.78, 5) is 44.1. The van der Waals surface area contributed by atoms with E-state index in [1.165, 1.54) is 6.42 Å². The molecule has 8 nitrogen and oxygen atoms in total. The van der Waals surface area contributed by atoms with Crippen molar-refractivity contribution in [1.82, 2.24) is 10.2 Å². The first-order valence-corrected chi connectivity index (χ1v) is 15.6. The Morgan fingerprint density at radius 1 is 0.886 bits per heavy atom. The summed E-state index contributed by atoms with van der Waals surface area (Å²) in [6.45, 7) is 1.94. The van der Waals surface area contributed by atoms with E-state index in [0.717, 1.165) is 37.0 Å². The molecule has 2 bridgehead atoms. The Bertz CT molecular complexity index is 1550. The number of carbonyl (C=O) groups excluding carboxylic acids is 3. The molecule has 0 radical (unpaired) electrons. The molecule has 3 aromatic rings. The summed E-state index contributed by atoms with van der Waals surface area (Å²) in [5.41, 5.74) is 0.298. The third kappa shape index (κ3) is 4.97. The minimum atomic E-state index is -1.21. The van der Waals surface area contributed by atoms with Gasteiger partial charge >= 0.3 is 0 Å². The van der Waals surface area contributed by atoms with Gasteiger partial charge in [0.05, 0.1) is 24.0 Å². The molecule has 4 aliphatic rings. The van der Waals surface area contributed by atoms with Gasteiger partial charge in [0.25, 0.3) is 0 Å². The standard InChI is InChI=1S/C36H37N3O5/c1-23(24-11-5-2-6-12-24)39-32(34(41)38-25-13-7-3-8-14-25)36-22-21-29(44-36)30(31(36)35(39)42)33(40)37-26-17-19-28(20-18-26)43-27-15-9-4-10-16-27/h2,4-6,9-12,15-23,25,29-32H,3,7-8,13-14H2,1H3,(H,37,40)(H,38,41)/t23-,29-,30+,31-,32-,36+/m1/s1. The molecule has 226 valence electrons. The lowest BCUT2D eigenvalue weighted by atomic mass is 9.74. The zero-order valence-electron chi connectivity index (χ0n) is 24.7. The van der Waals surface area contributed by atoms with E-state index in [-0.39, 0.29) is 29.8 Å². The molecule has 3 heterocycles. The fourth-order valence-corrected chi connectivity index (χ4v) is 7.50. The number of ether oxygens (including phenoxy) is 2. The monoisotopic (exact) mass is 591 g/mol. The van der Waals surface area contributed by atoms with Gasteiger partial charge in [-0.2, -0.15) is 0 Å². The lowest BCUT2D eigenvalue weighted by Gasteiger charge is -2.37. The number of para-hydroxylation sites is 1. The number of rotatable bonds is 8. The number of carbonyl (C=O) groups is 3. The van der Waals surface area contributed by atoms with E-state index in [2.05, 4.69) is 10.6 Å². The number of nitrogens with zero attached hydrogens (tertiary/aromatic N) is 1. The van der Waals surface area contributed by atoms with Gasteiger partial charge in [0.1, 0.15) is 23.1 Å². The molecule has 1 saturated carbocycles. The lowest BCUT2D eigenvalue weighted by molar-refractivity contribution is -0.143. The molecule has 0 unspecified atom stereocenters. The fourth-order valence-electron chi connectivity index (χ4n) is 7.50. The van der Waals surface area contributed by atoms with Gasteiger partial charge in [-0.25, -0.2) is 0 Å². The van der Waals surface area contributed by atoms with Gasteiger partial charge < -0.3 is 25.0 Å². The maximum atomic E-state index is 14.4. The minimum absolute atomic E-state index is 0.0752. The largest absolute Gasteiger partial charge is 0.457 e. The van der Waals surface area contributed by atoms with E-state index in [1.807, 2.05) is 79.7 Å². The number of anilines is 1. The highest BCUT2D eigenvalue weighted by Gasteiger charge is 2.73. The summed E-state index contributed by atoms with van der Waals surface area (Å²) in [5, 5.41) is 6.25. The highest BCUT2D eigenvalue weighted by molar-refractivity contribution is 6.03.